The third-order valence-corrected chi connectivity index (χ3v) is 4.63. The van der Waals surface area contributed by atoms with Crippen molar-refractivity contribution in [2.24, 2.45) is 0 Å². The Morgan fingerprint density at radius 2 is 1.86 bits per heavy atom. The Hall–Kier alpha value is -1.55. The zero-order valence-corrected chi connectivity index (χ0v) is 13.2. The first-order chi connectivity index (χ1) is 10.2. The largest absolute Gasteiger partial charge is 0.491 e. The lowest BCUT2D eigenvalue weighted by atomic mass is 10.1. The van der Waals surface area contributed by atoms with Crippen molar-refractivity contribution in [2.75, 3.05) is 6.61 Å². The molecule has 0 aliphatic carbocycles. The van der Waals surface area contributed by atoms with Crippen molar-refractivity contribution in [1.82, 2.24) is 0 Å². The summed E-state index contributed by atoms with van der Waals surface area (Å²) in [6.45, 7) is 2.80. The first-order valence-corrected chi connectivity index (χ1v) is 8.43. The molecule has 0 saturated heterocycles. The van der Waals surface area contributed by atoms with Crippen molar-refractivity contribution in [2.45, 2.75) is 45.4 Å². The maximum atomic E-state index is 11.3. The molecule has 1 heterocycles. The zero-order valence-electron chi connectivity index (χ0n) is 12.4. The molecule has 1 N–H and O–H groups in total. The fourth-order valence-corrected chi connectivity index (χ4v) is 3.35. The average Bonchev–Trinajstić information content (AvgIpc) is 2.85. The second-order valence-corrected chi connectivity index (χ2v) is 6.23. The Kier molecular flexibility index (Phi) is 6.05. The monoisotopic (exact) mass is 306 g/mol. The van der Waals surface area contributed by atoms with Crippen LogP contribution in [0.25, 0.3) is 10.1 Å². The van der Waals surface area contributed by atoms with E-state index >= 15 is 0 Å². The molecule has 1 aromatic carbocycles. The highest BCUT2D eigenvalue weighted by atomic mass is 32.1. The lowest BCUT2D eigenvalue weighted by Gasteiger charge is -2.06. The fourth-order valence-electron chi connectivity index (χ4n) is 2.36. The second kappa shape index (κ2) is 8.03. The van der Waals surface area contributed by atoms with Crippen LogP contribution in [0.3, 0.4) is 0 Å². The molecular weight excluding hydrogens is 284 g/mol. The van der Waals surface area contributed by atoms with E-state index in [1.54, 1.807) is 0 Å². The van der Waals surface area contributed by atoms with E-state index in [-0.39, 0.29) is 0 Å². The lowest BCUT2D eigenvalue weighted by molar-refractivity contribution is 0.0698. The molecule has 2 aromatic rings. The first-order valence-electron chi connectivity index (χ1n) is 7.61. The van der Waals surface area contributed by atoms with Crippen molar-refractivity contribution in [3.05, 3.63) is 29.1 Å². The molecule has 0 amide bonds. The van der Waals surface area contributed by atoms with Crippen molar-refractivity contribution in [3.8, 4) is 5.75 Å². The Bertz CT molecular complexity index is 589. The van der Waals surface area contributed by atoms with Crippen LogP contribution in [0.15, 0.2) is 24.3 Å². The minimum Gasteiger partial charge on any atom is -0.491 e. The van der Waals surface area contributed by atoms with Crippen LogP contribution in [0.4, 0.5) is 0 Å². The number of fused-ring (bicyclic) bond motifs is 1. The van der Waals surface area contributed by atoms with Gasteiger partial charge in [0.2, 0.25) is 0 Å². The van der Waals surface area contributed by atoms with Gasteiger partial charge in [0.05, 0.1) is 6.61 Å². The third kappa shape index (κ3) is 4.21. The van der Waals surface area contributed by atoms with E-state index in [0.717, 1.165) is 22.9 Å². The van der Waals surface area contributed by atoms with Crippen molar-refractivity contribution in [3.63, 3.8) is 0 Å². The van der Waals surface area contributed by atoms with Gasteiger partial charge in [-0.3, -0.25) is 0 Å². The predicted molar refractivity (Wildman–Crippen MR) is 87.7 cm³/mol. The Balaban J connectivity index is 1.94. The highest BCUT2D eigenvalue weighted by Gasteiger charge is 2.18. The van der Waals surface area contributed by atoms with Crippen LogP contribution < -0.4 is 4.74 Å². The number of hydrogen-bond donors (Lipinski definition) is 1. The van der Waals surface area contributed by atoms with Crippen molar-refractivity contribution in [1.29, 1.82) is 0 Å². The van der Waals surface area contributed by atoms with Crippen molar-refractivity contribution >= 4 is 27.4 Å². The maximum absolute atomic E-state index is 11.3. The number of hydrogen-bond acceptors (Lipinski definition) is 3. The van der Waals surface area contributed by atoms with Gasteiger partial charge >= 0.3 is 5.97 Å². The van der Waals surface area contributed by atoms with Gasteiger partial charge in [-0.1, -0.05) is 51.2 Å². The number of carboxylic acids is 1. The predicted octanol–water partition coefficient (Wildman–Crippen LogP) is 5.34. The number of carbonyl (C=O) groups is 1. The summed E-state index contributed by atoms with van der Waals surface area (Å²) in [7, 11) is 0. The zero-order chi connectivity index (χ0) is 15.1. The molecule has 4 heteroatoms. The Morgan fingerprint density at radius 1 is 1.14 bits per heavy atom. The number of unbranched alkanes of at least 4 members (excludes halogenated alkanes) is 5. The van der Waals surface area contributed by atoms with Crippen LogP contribution in [-0.2, 0) is 0 Å². The molecule has 0 aliphatic heterocycles. The second-order valence-electron chi connectivity index (χ2n) is 5.18. The first kappa shape index (κ1) is 15.8. The van der Waals surface area contributed by atoms with Gasteiger partial charge in [-0.25, -0.2) is 4.79 Å². The molecule has 0 bridgehead atoms. The van der Waals surface area contributed by atoms with Gasteiger partial charge in [0, 0.05) is 10.1 Å². The minimum absolute atomic E-state index is 0.308. The molecule has 0 aliphatic rings. The smallest absolute Gasteiger partial charge is 0.349 e. The summed E-state index contributed by atoms with van der Waals surface area (Å²) < 4.78 is 6.75. The molecular formula is C17H22O3S. The fraction of sp³-hybridized carbons (Fsp3) is 0.471. The van der Waals surface area contributed by atoms with E-state index in [0.29, 0.717) is 17.2 Å². The van der Waals surface area contributed by atoms with Gasteiger partial charge < -0.3 is 9.84 Å². The van der Waals surface area contributed by atoms with E-state index < -0.39 is 5.97 Å². The summed E-state index contributed by atoms with van der Waals surface area (Å²) in [5.74, 6) is -0.370. The standard InChI is InChI=1S/C17H22O3S/c1-2-3-4-5-6-9-12-20-15-13-10-7-8-11-14(13)21-16(15)17(18)19/h7-8,10-11H,2-6,9,12H2,1H3,(H,18,19). The minimum atomic E-state index is -0.908. The molecule has 0 radical (unpaired) electrons. The summed E-state index contributed by atoms with van der Waals surface area (Å²) in [5.41, 5.74) is 0. The van der Waals surface area contributed by atoms with E-state index in [2.05, 4.69) is 6.92 Å². The van der Waals surface area contributed by atoms with Crippen LogP contribution in [-0.4, -0.2) is 17.7 Å². The summed E-state index contributed by atoms with van der Waals surface area (Å²) in [6, 6.07) is 7.69. The lowest BCUT2D eigenvalue weighted by Crippen LogP contribution is -2.01. The average molecular weight is 306 g/mol. The van der Waals surface area contributed by atoms with Crippen LogP contribution in [0, 0.1) is 0 Å². The summed E-state index contributed by atoms with van der Waals surface area (Å²) in [5, 5.41) is 10.2. The number of benzene rings is 1. The van der Waals surface area contributed by atoms with Crippen LogP contribution >= 0.6 is 11.3 Å². The summed E-state index contributed by atoms with van der Waals surface area (Å²) in [4.78, 5) is 11.6. The topological polar surface area (TPSA) is 46.5 Å². The number of rotatable bonds is 9. The molecule has 0 fully saturated rings. The molecule has 21 heavy (non-hydrogen) atoms. The highest BCUT2D eigenvalue weighted by Crippen LogP contribution is 2.37. The summed E-state index contributed by atoms with van der Waals surface area (Å²) >= 11 is 1.28. The summed E-state index contributed by atoms with van der Waals surface area (Å²) in [6.07, 6.45) is 7.17. The van der Waals surface area contributed by atoms with E-state index in [4.69, 9.17) is 4.74 Å². The van der Waals surface area contributed by atoms with Crippen LogP contribution in [0.2, 0.25) is 0 Å². The van der Waals surface area contributed by atoms with Gasteiger partial charge in [-0.15, -0.1) is 11.3 Å². The molecule has 0 atom stereocenters. The molecule has 2 rings (SSSR count). The maximum Gasteiger partial charge on any atom is 0.349 e. The van der Waals surface area contributed by atoms with Gasteiger partial charge in [-0.2, -0.15) is 0 Å². The van der Waals surface area contributed by atoms with Gasteiger partial charge in [-0.05, 0) is 18.6 Å². The number of carboxylic acid groups (broad SMARTS) is 1. The number of thiophene rings is 1. The highest BCUT2D eigenvalue weighted by molar-refractivity contribution is 7.21. The van der Waals surface area contributed by atoms with Crippen LogP contribution in [0.1, 0.15) is 55.1 Å². The van der Waals surface area contributed by atoms with E-state index in [9.17, 15) is 9.90 Å². The molecule has 114 valence electrons. The normalized spacial score (nSPS) is 10.9. The quantitative estimate of drug-likeness (QED) is 0.636. The molecule has 0 spiro atoms. The molecule has 3 nitrogen and oxygen atoms in total. The van der Waals surface area contributed by atoms with Gasteiger partial charge in [0.25, 0.3) is 0 Å². The van der Waals surface area contributed by atoms with E-state index in [1.807, 2.05) is 24.3 Å². The Morgan fingerprint density at radius 3 is 2.62 bits per heavy atom. The van der Waals surface area contributed by atoms with Crippen molar-refractivity contribution < 1.29 is 14.6 Å². The Labute approximate surface area is 129 Å². The molecule has 1 aromatic heterocycles. The number of ether oxygens (including phenoxy) is 1. The van der Waals surface area contributed by atoms with Crippen LogP contribution in [0.5, 0.6) is 5.75 Å². The third-order valence-electron chi connectivity index (χ3n) is 3.49. The number of aromatic carboxylic acids is 1. The van der Waals surface area contributed by atoms with Gasteiger partial charge in [0.1, 0.15) is 0 Å². The molecule has 0 unspecified atom stereocenters. The van der Waals surface area contributed by atoms with E-state index in [1.165, 1.54) is 37.0 Å². The SMILES string of the molecule is CCCCCCCCOc1c(C(=O)O)sc2ccccc12. The van der Waals surface area contributed by atoms with Gasteiger partial charge in [0.15, 0.2) is 10.6 Å². The molecule has 0 saturated carbocycles.